The number of carbonyl (C=O) groups is 1. The summed E-state index contributed by atoms with van der Waals surface area (Å²) in [6, 6.07) is 13.2. The van der Waals surface area contributed by atoms with Crippen molar-refractivity contribution in [2.75, 3.05) is 6.26 Å². The van der Waals surface area contributed by atoms with E-state index < -0.39 is 6.17 Å². The summed E-state index contributed by atoms with van der Waals surface area (Å²) in [5.41, 5.74) is 1.25. The number of benzene rings is 1. The summed E-state index contributed by atoms with van der Waals surface area (Å²) in [4.78, 5) is 21.7. The number of rotatable bonds is 1. The molecule has 114 valence electrons. The van der Waals surface area contributed by atoms with Crippen LogP contribution in [0.4, 0.5) is 0 Å². The fraction of sp³-hybridized carbons (Fsp3) is 0.125. The number of hydrogen-bond acceptors (Lipinski definition) is 6. The second-order valence-corrected chi connectivity index (χ2v) is 5.83. The molecule has 1 amide bonds. The number of hydrogen-bond donors (Lipinski definition) is 1. The molecule has 2 aliphatic rings. The minimum Gasteiger partial charge on any atom is -0.298 e. The summed E-state index contributed by atoms with van der Waals surface area (Å²) in [5, 5.41) is 11.1. The lowest BCUT2D eigenvalue weighted by Gasteiger charge is -2.33. The topological polar surface area (TPSA) is 70.0 Å². The summed E-state index contributed by atoms with van der Waals surface area (Å²) in [5.74, 6) is -0.173. The van der Waals surface area contributed by atoms with E-state index in [-0.39, 0.29) is 5.91 Å². The van der Waals surface area contributed by atoms with Gasteiger partial charge in [0.25, 0.3) is 5.91 Å². The Labute approximate surface area is 136 Å². The van der Waals surface area contributed by atoms with Crippen LogP contribution in [0.2, 0.25) is 0 Å². The van der Waals surface area contributed by atoms with Gasteiger partial charge in [0.2, 0.25) is 0 Å². The van der Waals surface area contributed by atoms with Gasteiger partial charge in [0, 0.05) is 11.4 Å². The Morgan fingerprint density at radius 3 is 2.78 bits per heavy atom. The van der Waals surface area contributed by atoms with E-state index in [0.29, 0.717) is 10.9 Å². The van der Waals surface area contributed by atoms with E-state index in [0.717, 1.165) is 16.3 Å². The number of para-hydroxylation sites is 1. The molecule has 0 radical (unpaired) electrons. The molecular formula is C16H13N5OS. The Hall–Kier alpha value is -2.67. The van der Waals surface area contributed by atoms with E-state index in [4.69, 9.17) is 4.99 Å². The van der Waals surface area contributed by atoms with Crippen molar-refractivity contribution in [3.8, 4) is 0 Å². The van der Waals surface area contributed by atoms with Crippen molar-refractivity contribution in [2.45, 2.75) is 6.17 Å². The average Bonchev–Trinajstić information content (AvgIpc) is 2.61. The van der Waals surface area contributed by atoms with Crippen molar-refractivity contribution in [1.82, 2.24) is 15.3 Å². The van der Waals surface area contributed by atoms with Crippen LogP contribution in [-0.4, -0.2) is 27.3 Å². The molecule has 2 aliphatic heterocycles. The first-order valence-electron chi connectivity index (χ1n) is 7.09. The summed E-state index contributed by atoms with van der Waals surface area (Å²) in [6.07, 6.45) is 3.14. The van der Waals surface area contributed by atoms with Crippen molar-refractivity contribution in [3.63, 3.8) is 0 Å². The predicted molar refractivity (Wildman–Crippen MR) is 88.5 cm³/mol. The number of thioether (sulfide) groups is 1. The van der Waals surface area contributed by atoms with Crippen LogP contribution in [0.1, 0.15) is 11.9 Å². The van der Waals surface area contributed by atoms with Gasteiger partial charge >= 0.3 is 0 Å². The molecule has 7 heteroatoms. The van der Waals surface area contributed by atoms with Crippen LogP contribution in [0.15, 0.2) is 58.8 Å². The van der Waals surface area contributed by atoms with Crippen molar-refractivity contribution >= 4 is 28.5 Å². The van der Waals surface area contributed by atoms with E-state index in [9.17, 15) is 4.79 Å². The number of nitrogens with zero attached hydrogens (tertiary/aromatic N) is 4. The van der Waals surface area contributed by atoms with Crippen molar-refractivity contribution < 1.29 is 4.79 Å². The van der Waals surface area contributed by atoms with Gasteiger partial charge in [-0.25, -0.2) is 5.01 Å². The number of fused-ring (bicyclic) bond motifs is 2. The Morgan fingerprint density at radius 1 is 1.17 bits per heavy atom. The van der Waals surface area contributed by atoms with Gasteiger partial charge in [0.15, 0.2) is 11.3 Å². The van der Waals surface area contributed by atoms with Gasteiger partial charge in [-0.2, -0.15) is 0 Å². The molecule has 2 aromatic rings. The standard InChI is InChI=1S/C16H13N5OS/c1-23-16-19-15(22)13-10-6-2-3-7-11(10)18-14(21(13)20-16)12-8-4-5-9-17-12/h2-9,14H,1H3,(H,19,20,22)/t14-/m1/s1. The smallest absolute Gasteiger partial charge is 0.276 e. The molecule has 1 N–H and O–H groups in total. The molecule has 0 aliphatic carbocycles. The summed E-state index contributed by atoms with van der Waals surface area (Å²) in [7, 11) is 0. The SMILES string of the molecule is CSC1=NN2C(=c3ccccc3=N[C@H]2c2ccccn2)C(=O)N1. The number of carbonyl (C=O) groups excluding carboxylic acids is 1. The number of hydrazone groups is 1. The van der Waals surface area contributed by atoms with Gasteiger partial charge < -0.3 is 0 Å². The molecule has 0 bridgehead atoms. The van der Waals surface area contributed by atoms with E-state index in [1.54, 1.807) is 11.2 Å². The first-order chi connectivity index (χ1) is 11.3. The molecule has 1 aromatic carbocycles. The Bertz CT molecular complexity index is 925. The average molecular weight is 323 g/mol. The van der Waals surface area contributed by atoms with Crippen LogP contribution in [0, 0.1) is 0 Å². The minimum absolute atomic E-state index is 0.173. The molecule has 1 atom stereocenters. The van der Waals surface area contributed by atoms with Gasteiger partial charge in [-0.05, 0) is 24.5 Å². The van der Waals surface area contributed by atoms with Gasteiger partial charge in [-0.3, -0.25) is 20.1 Å². The van der Waals surface area contributed by atoms with E-state index in [2.05, 4.69) is 15.4 Å². The van der Waals surface area contributed by atoms with Gasteiger partial charge in [-0.1, -0.05) is 36.0 Å². The van der Waals surface area contributed by atoms with Crippen LogP contribution in [0.25, 0.3) is 5.70 Å². The molecule has 3 heterocycles. The maximum absolute atomic E-state index is 12.6. The molecule has 0 saturated carbocycles. The van der Waals surface area contributed by atoms with Crippen molar-refractivity contribution in [2.24, 2.45) is 10.1 Å². The molecule has 1 aromatic heterocycles. The predicted octanol–water partition coefficient (Wildman–Crippen LogP) is 0.588. The molecule has 0 saturated heterocycles. The monoisotopic (exact) mass is 323 g/mol. The molecule has 23 heavy (non-hydrogen) atoms. The lowest BCUT2D eigenvalue weighted by atomic mass is 10.1. The fourth-order valence-corrected chi connectivity index (χ4v) is 3.01. The largest absolute Gasteiger partial charge is 0.298 e. The zero-order valence-electron chi connectivity index (χ0n) is 12.3. The first kappa shape index (κ1) is 14.0. The van der Waals surface area contributed by atoms with E-state index in [1.807, 2.05) is 48.7 Å². The summed E-state index contributed by atoms with van der Waals surface area (Å²) in [6.45, 7) is 0. The van der Waals surface area contributed by atoms with Crippen LogP contribution in [-0.2, 0) is 4.79 Å². The maximum atomic E-state index is 12.6. The maximum Gasteiger partial charge on any atom is 0.276 e. The van der Waals surface area contributed by atoms with E-state index >= 15 is 0 Å². The van der Waals surface area contributed by atoms with Crippen molar-refractivity contribution in [3.05, 3.63) is 64.9 Å². The quantitative estimate of drug-likeness (QED) is 0.834. The highest BCUT2D eigenvalue weighted by atomic mass is 32.2. The van der Waals surface area contributed by atoms with Crippen molar-refractivity contribution in [1.29, 1.82) is 0 Å². The number of aromatic nitrogens is 1. The lowest BCUT2D eigenvalue weighted by Crippen LogP contribution is -2.50. The van der Waals surface area contributed by atoms with Gasteiger partial charge in [0.1, 0.15) is 5.70 Å². The van der Waals surface area contributed by atoms with Gasteiger partial charge in [0.05, 0.1) is 11.1 Å². The molecular weight excluding hydrogens is 310 g/mol. The molecule has 0 unspecified atom stereocenters. The Kier molecular flexibility index (Phi) is 3.34. The highest BCUT2D eigenvalue weighted by molar-refractivity contribution is 8.13. The second kappa shape index (κ2) is 5.51. The third-order valence-electron chi connectivity index (χ3n) is 3.66. The highest BCUT2D eigenvalue weighted by Crippen LogP contribution is 2.28. The number of amides is 1. The minimum atomic E-state index is -0.450. The summed E-state index contributed by atoms with van der Waals surface area (Å²) >= 11 is 1.38. The molecule has 0 fully saturated rings. The molecule has 4 rings (SSSR count). The first-order valence-corrected chi connectivity index (χ1v) is 8.31. The number of amidine groups is 1. The molecule has 0 spiro atoms. The Morgan fingerprint density at radius 2 is 2.00 bits per heavy atom. The van der Waals surface area contributed by atoms with Crippen LogP contribution < -0.4 is 15.9 Å². The third-order valence-corrected chi connectivity index (χ3v) is 4.23. The normalized spacial score (nSPS) is 19.3. The summed E-state index contributed by atoms with van der Waals surface area (Å²) < 4.78 is 0. The zero-order chi connectivity index (χ0) is 15.8. The van der Waals surface area contributed by atoms with Crippen LogP contribution in [0.3, 0.4) is 0 Å². The third kappa shape index (κ3) is 2.29. The fourth-order valence-electron chi connectivity index (χ4n) is 2.64. The zero-order valence-corrected chi connectivity index (χ0v) is 13.1. The van der Waals surface area contributed by atoms with Gasteiger partial charge in [-0.15, -0.1) is 5.10 Å². The van der Waals surface area contributed by atoms with E-state index in [1.165, 1.54) is 11.8 Å². The Balaban J connectivity index is 2.00. The lowest BCUT2D eigenvalue weighted by molar-refractivity contribution is -0.116. The number of pyridine rings is 1. The molecule has 6 nitrogen and oxygen atoms in total. The second-order valence-electron chi connectivity index (χ2n) is 5.03. The van der Waals surface area contributed by atoms with Crippen LogP contribution in [0.5, 0.6) is 0 Å². The highest BCUT2D eigenvalue weighted by Gasteiger charge is 2.34. The van der Waals surface area contributed by atoms with Crippen LogP contribution >= 0.6 is 11.8 Å². The number of nitrogens with one attached hydrogen (secondary N) is 1.